The van der Waals surface area contributed by atoms with E-state index in [0.717, 1.165) is 19.1 Å². The van der Waals surface area contributed by atoms with Crippen LogP contribution in [0.2, 0.25) is 0 Å². The summed E-state index contributed by atoms with van der Waals surface area (Å²) < 4.78 is 27.1. The van der Waals surface area contributed by atoms with E-state index in [1.165, 1.54) is 7.11 Å². The van der Waals surface area contributed by atoms with Gasteiger partial charge in [0.2, 0.25) is 0 Å². The molecule has 1 fully saturated rings. The molecule has 0 aromatic rings. The number of carbonyl (C=O) groups is 2. The summed E-state index contributed by atoms with van der Waals surface area (Å²) in [5, 5.41) is 9.56. The Morgan fingerprint density at radius 3 is 2.25 bits per heavy atom. The minimum atomic E-state index is -3.17. The first-order chi connectivity index (χ1) is 9.24. The van der Waals surface area contributed by atoms with Gasteiger partial charge < -0.3 is 9.84 Å². The van der Waals surface area contributed by atoms with Gasteiger partial charge in [-0.2, -0.15) is 0 Å². The van der Waals surface area contributed by atoms with E-state index in [9.17, 15) is 23.1 Å². The van der Waals surface area contributed by atoms with Gasteiger partial charge in [0.15, 0.2) is 5.41 Å². The molecule has 1 atom stereocenters. The zero-order chi connectivity index (χ0) is 15.4. The monoisotopic (exact) mass is 306 g/mol. The summed E-state index contributed by atoms with van der Waals surface area (Å²) in [5.74, 6) is -2.35. The molecule has 0 bridgehead atoms. The number of esters is 1. The highest BCUT2D eigenvalue weighted by molar-refractivity contribution is 7.90. The van der Waals surface area contributed by atoms with Crippen molar-refractivity contribution >= 4 is 21.8 Å². The van der Waals surface area contributed by atoms with Gasteiger partial charge in [-0.3, -0.25) is 9.59 Å². The molecule has 1 aliphatic rings. The number of carboxylic acid groups (broad SMARTS) is 1. The van der Waals surface area contributed by atoms with Crippen molar-refractivity contribution in [3.8, 4) is 0 Å². The smallest absolute Gasteiger partial charge is 0.323 e. The predicted molar refractivity (Wildman–Crippen MR) is 73.0 cm³/mol. The van der Waals surface area contributed by atoms with Crippen LogP contribution in [0.4, 0.5) is 0 Å². The molecular formula is C13H22O6S. The van der Waals surface area contributed by atoms with Crippen LogP contribution in [-0.4, -0.2) is 44.6 Å². The van der Waals surface area contributed by atoms with Gasteiger partial charge in [0, 0.05) is 12.0 Å². The highest BCUT2D eigenvalue weighted by Crippen LogP contribution is 2.44. The van der Waals surface area contributed by atoms with Crippen molar-refractivity contribution in [3.05, 3.63) is 0 Å². The maximum Gasteiger partial charge on any atom is 0.323 e. The lowest BCUT2D eigenvalue weighted by Gasteiger charge is -2.32. The maximum atomic E-state index is 12.1. The second-order valence-electron chi connectivity index (χ2n) is 5.48. The van der Waals surface area contributed by atoms with E-state index in [1.807, 2.05) is 0 Å². The Balaban J connectivity index is 2.97. The summed E-state index contributed by atoms with van der Waals surface area (Å²) >= 11 is 0. The molecule has 6 nitrogen and oxygen atoms in total. The Hall–Kier alpha value is -1.11. The van der Waals surface area contributed by atoms with Crippen LogP contribution in [-0.2, 0) is 24.2 Å². The highest BCUT2D eigenvalue weighted by atomic mass is 32.2. The fourth-order valence-electron chi connectivity index (χ4n) is 3.06. The zero-order valence-corrected chi connectivity index (χ0v) is 12.7. The summed E-state index contributed by atoms with van der Waals surface area (Å²) in [6.45, 7) is 0. The Bertz CT molecular complexity index is 463. The quantitative estimate of drug-likeness (QED) is 0.561. The molecule has 1 N–H and O–H groups in total. The summed E-state index contributed by atoms with van der Waals surface area (Å²) in [4.78, 5) is 23.8. The molecule has 0 aromatic carbocycles. The first kappa shape index (κ1) is 16.9. The van der Waals surface area contributed by atoms with Crippen molar-refractivity contribution in [2.75, 3.05) is 19.1 Å². The van der Waals surface area contributed by atoms with E-state index in [0.29, 0.717) is 12.8 Å². The average molecular weight is 306 g/mol. The molecule has 0 amide bonds. The van der Waals surface area contributed by atoms with E-state index in [4.69, 9.17) is 4.74 Å². The van der Waals surface area contributed by atoms with Gasteiger partial charge in [0.1, 0.15) is 9.84 Å². The Morgan fingerprint density at radius 2 is 1.85 bits per heavy atom. The van der Waals surface area contributed by atoms with Crippen LogP contribution in [0, 0.1) is 11.3 Å². The third-order valence-electron chi connectivity index (χ3n) is 4.07. The lowest BCUT2D eigenvalue weighted by atomic mass is 9.71. The number of aliphatic carboxylic acids is 1. The Labute approximate surface area is 119 Å². The number of rotatable bonds is 7. The van der Waals surface area contributed by atoms with Gasteiger partial charge in [-0.05, 0) is 31.6 Å². The molecule has 0 aliphatic heterocycles. The number of methoxy groups -OCH3 is 1. The van der Waals surface area contributed by atoms with E-state index < -0.39 is 27.2 Å². The van der Waals surface area contributed by atoms with Gasteiger partial charge >= 0.3 is 11.9 Å². The van der Waals surface area contributed by atoms with Crippen LogP contribution >= 0.6 is 0 Å². The van der Waals surface area contributed by atoms with Crippen LogP contribution < -0.4 is 0 Å². The topological polar surface area (TPSA) is 97.7 Å². The molecule has 1 aliphatic carbocycles. The molecule has 0 heterocycles. The van der Waals surface area contributed by atoms with Gasteiger partial charge in [-0.25, -0.2) is 8.42 Å². The fraction of sp³-hybridized carbons (Fsp3) is 0.846. The normalized spacial score (nSPS) is 19.5. The largest absolute Gasteiger partial charge is 0.480 e. The van der Waals surface area contributed by atoms with Crippen molar-refractivity contribution < 1.29 is 27.9 Å². The molecule has 1 rings (SSSR count). The molecule has 0 radical (unpaired) electrons. The highest BCUT2D eigenvalue weighted by Gasteiger charge is 2.53. The number of hydrogen-bond acceptors (Lipinski definition) is 5. The van der Waals surface area contributed by atoms with Crippen LogP contribution in [0.5, 0.6) is 0 Å². The predicted octanol–water partition coefficient (Wildman–Crippen LogP) is 1.25. The first-order valence-corrected chi connectivity index (χ1v) is 8.79. The molecule has 0 saturated heterocycles. The van der Waals surface area contributed by atoms with E-state index in [2.05, 4.69) is 0 Å². The van der Waals surface area contributed by atoms with Crippen LogP contribution in [0.3, 0.4) is 0 Å². The SMILES string of the molecule is COC(=O)C(CCCS(C)(=O)=O)(C(=O)O)C1CCCC1. The number of ether oxygens (including phenoxy) is 1. The molecule has 116 valence electrons. The zero-order valence-electron chi connectivity index (χ0n) is 11.9. The second-order valence-corrected chi connectivity index (χ2v) is 7.74. The standard InChI is InChI=1S/C13H22O6S/c1-19-12(16)13(11(14)15,10-6-3-4-7-10)8-5-9-20(2,17)18/h10H,3-9H2,1-2H3,(H,14,15). The minimum Gasteiger partial charge on any atom is -0.480 e. The molecule has 7 heteroatoms. The van der Waals surface area contributed by atoms with Crippen LogP contribution in [0.15, 0.2) is 0 Å². The van der Waals surface area contributed by atoms with Crippen LogP contribution in [0.25, 0.3) is 0 Å². The number of carboxylic acids is 1. The number of hydrogen-bond donors (Lipinski definition) is 1. The van der Waals surface area contributed by atoms with Crippen molar-refractivity contribution in [1.29, 1.82) is 0 Å². The van der Waals surface area contributed by atoms with Crippen molar-refractivity contribution in [3.63, 3.8) is 0 Å². The maximum absolute atomic E-state index is 12.1. The molecule has 1 saturated carbocycles. The van der Waals surface area contributed by atoms with Crippen molar-refractivity contribution in [1.82, 2.24) is 0 Å². The molecule has 1 unspecified atom stereocenters. The van der Waals surface area contributed by atoms with E-state index in [1.54, 1.807) is 0 Å². The van der Waals surface area contributed by atoms with Crippen molar-refractivity contribution in [2.45, 2.75) is 38.5 Å². The van der Waals surface area contributed by atoms with Gasteiger partial charge in [0.05, 0.1) is 7.11 Å². The third-order valence-corrected chi connectivity index (χ3v) is 5.10. The second kappa shape index (κ2) is 6.56. The lowest BCUT2D eigenvalue weighted by Crippen LogP contribution is -2.46. The van der Waals surface area contributed by atoms with E-state index >= 15 is 0 Å². The average Bonchev–Trinajstić information content (AvgIpc) is 2.86. The lowest BCUT2D eigenvalue weighted by molar-refractivity contribution is -0.172. The fourth-order valence-corrected chi connectivity index (χ4v) is 3.72. The summed E-state index contributed by atoms with van der Waals surface area (Å²) in [7, 11) is -2.00. The molecule has 20 heavy (non-hydrogen) atoms. The van der Waals surface area contributed by atoms with Gasteiger partial charge in [-0.15, -0.1) is 0 Å². The van der Waals surface area contributed by atoms with Crippen molar-refractivity contribution in [2.24, 2.45) is 11.3 Å². The summed E-state index contributed by atoms with van der Waals surface area (Å²) in [5.41, 5.74) is -1.60. The molecule has 0 aromatic heterocycles. The van der Waals surface area contributed by atoms with Crippen LogP contribution in [0.1, 0.15) is 38.5 Å². The Kier molecular flexibility index (Phi) is 5.56. The number of carbonyl (C=O) groups excluding carboxylic acids is 1. The number of sulfone groups is 1. The molecular weight excluding hydrogens is 284 g/mol. The van der Waals surface area contributed by atoms with Gasteiger partial charge in [-0.1, -0.05) is 12.8 Å². The summed E-state index contributed by atoms with van der Waals surface area (Å²) in [6.07, 6.45) is 4.37. The summed E-state index contributed by atoms with van der Waals surface area (Å²) in [6, 6.07) is 0. The first-order valence-electron chi connectivity index (χ1n) is 6.73. The third kappa shape index (κ3) is 3.71. The van der Waals surface area contributed by atoms with Gasteiger partial charge in [0.25, 0.3) is 0 Å². The van der Waals surface area contributed by atoms with E-state index in [-0.39, 0.29) is 24.5 Å². The minimum absolute atomic E-state index is 0.00669. The Morgan fingerprint density at radius 1 is 1.30 bits per heavy atom. The molecule has 0 spiro atoms.